The molecule has 1 atom stereocenters. The van der Waals surface area contributed by atoms with Crippen LogP contribution in [0.25, 0.3) is 0 Å². The first-order chi connectivity index (χ1) is 8.56. The standard InChI is InChI=1S/C12H18N2O4/c1-9(8-17-2)13-7-10-4-11(14(15)16)6-12(5-10)18-3/h4-6,9,13H,7-8H2,1-3H3. The second-order valence-electron chi connectivity index (χ2n) is 4.03. The first-order valence-corrected chi connectivity index (χ1v) is 5.61. The van der Waals surface area contributed by atoms with E-state index in [1.807, 2.05) is 6.92 Å². The lowest BCUT2D eigenvalue weighted by Gasteiger charge is -2.13. The molecular weight excluding hydrogens is 236 g/mol. The van der Waals surface area contributed by atoms with Crippen LogP contribution < -0.4 is 10.1 Å². The van der Waals surface area contributed by atoms with E-state index in [1.54, 1.807) is 13.2 Å². The third-order valence-corrected chi connectivity index (χ3v) is 2.47. The summed E-state index contributed by atoms with van der Waals surface area (Å²) in [6.07, 6.45) is 0. The van der Waals surface area contributed by atoms with E-state index in [9.17, 15) is 10.1 Å². The second-order valence-corrected chi connectivity index (χ2v) is 4.03. The molecule has 18 heavy (non-hydrogen) atoms. The number of nitro benzene ring substituents is 1. The summed E-state index contributed by atoms with van der Waals surface area (Å²) >= 11 is 0. The van der Waals surface area contributed by atoms with E-state index >= 15 is 0 Å². The van der Waals surface area contributed by atoms with Crippen LogP contribution >= 0.6 is 0 Å². The van der Waals surface area contributed by atoms with Gasteiger partial charge in [0.05, 0.1) is 24.7 Å². The summed E-state index contributed by atoms with van der Waals surface area (Å²) in [5, 5.41) is 14.0. The van der Waals surface area contributed by atoms with Crippen molar-refractivity contribution in [2.45, 2.75) is 19.5 Å². The molecule has 0 aliphatic carbocycles. The summed E-state index contributed by atoms with van der Waals surface area (Å²) in [7, 11) is 3.12. The molecule has 1 rings (SSSR count). The van der Waals surface area contributed by atoms with Crippen LogP contribution in [0.4, 0.5) is 5.69 Å². The molecule has 6 heteroatoms. The fourth-order valence-corrected chi connectivity index (χ4v) is 1.57. The largest absolute Gasteiger partial charge is 0.496 e. The van der Waals surface area contributed by atoms with Crippen LogP contribution in [-0.2, 0) is 11.3 Å². The Morgan fingerprint density at radius 2 is 2.11 bits per heavy atom. The van der Waals surface area contributed by atoms with E-state index in [1.165, 1.54) is 19.2 Å². The Balaban J connectivity index is 2.75. The number of benzene rings is 1. The van der Waals surface area contributed by atoms with Gasteiger partial charge < -0.3 is 14.8 Å². The molecule has 1 N–H and O–H groups in total. The molecule has 0 saturated heterocycles. The van der Waals surface area contributed by atoms with Crippen molar-refractivity contribution >= 4 is 5.69 Å². The van der Waals surface area contributed by atoms with Gasteiger partial charge in [0.25, 0.3) is 5.69 Å². The zero-order valence-electron chi connectivity index (χ0n) is 10.8. The Morgan fingerprint density at radius 1 is 1.39 bits per heavy atom. The Hall–Kier alpha value is -1.66. The number of nitro groups is 1. The Bertz CT molecular complexity index is 409. The maximum atomic E-state index is 10.8. The van der Waals surface area contributed by atoms with Crippen molar-refractivity contribution in [1.82, 2.24) is 5.32 Å². The zero-order chi connectivity index (χ0) is 13.5. The SMILES string of the molecule is COCC(C)NCc1cc(OC)cc([N+](=O)[O-])c1. The van der Waals surface area contributed by atoms with E-state index < -0.39 is 4.92 Å². The molecule has 6 nitrogen and oxygen atoms in total. The third-order valence-electron chi connectivity index (χ3n) is 2.47. The highest BCUT2D eigenvalue weighted by atomic mass is 16.6. The Morgan fingerprint density at radius 3 is 2.67 bits per heavy atom. The molecule has 0 aliphatic rings. The smallest absolute Gasteiger partial charge is 0.273 e. The van der Waals surface area contributed by atoms with E-state index in [4.69, 9.17) is 9.47 Å². The zero-order valence-corrected chi connectivity index (χ0v) is 10.8. The van der Waals surface area contributed by atoms with Gasteiger partial charge in [-0.15, -0.1) is 0 Å². The van der Waals surface area contributed by atoms with E-state index in [0.29, 0.717) is 18.9 Å². The van der Waals surface area contributed by atoms with Gasteiger partial charge in [-0.1, -0.05) is 0 Å². The minimum atomic E-state index is -0.426. The summed E-state index contributed by atoms with van der Waals surface area (Å²) in [4.78, 5) is 10.3. The highest BCUT2D eigenvalue weighted by Crippen LogP contribution is 2.22. The number of ether oxygens (including phenoxy) is 2. The van der Waals surface area contributed by atoms with E-state index in [2.05, 4.69) is 5.32 Å². The molecule has 100 valence electrons. The molecular formula is C12H18N2O4. The van der Waals surface area contributed by atoms with Gasteiger partial charge in [0, 0.05) is 25.8 Å². The van der Waals surface area contributed by atoms with Crippen LogP contribution in [0.1, 0.15) is 12.5 Å². The summed E-state index contributed by atoms with van der Waals surface area (Å²) in [5.41, 5.74) is 0.842. The van der Waals surface area contributed by atoms with Crippen molar-refractivity contribution in [3.05, 3.63) is 33.9 Å². The summed E-state index contributed by atoms with van der Waals surface area (Å²) in [6.45, 7) is 3.10. The van der Waals surface area contributed by atoms with Crippen LogP contribution in [0.15, 0.2) is 18.2 Å². The Kier molecular flexibility index (Phi) is 5.54. The van der Waals surface area contributed by atoms with Gasteiger partial charge in [-0.25, -0.2) is 0 Å². The molecule has 1 aromatic rings. The minimum absolute atomic E-state index is 0.0329. The first-order valence-electron chi connectivity index (χ1n) is 5.61. The van der Waals surface area contributed by atoms with Gasteiger partial charge in [-0.3, -0.25) is 10.1 Å². The Labute approximate surface area is 106 Å². The second kappa shape index (κ2) is 6.93. The lowest BCUT2D eigenvalue weighted by molar-refractivity contribution is -0.385. The van der Waals surface area contributed by atoms with Crippen LogP contribution in [0.2, 0.25) is 0 Å². The van der Waals surface area contributed by atoms with Crippen molar-refractivity contribution < 1.29 is 14.4 Å². The summed E-state index contributed by atoms with van der Waals surface area (Å²) in [5.74, 6) is 0.486. The molecule has 0 heterocycles. The van der Waals surface area contributed by atoms with Crippen LogP contribution in [0, 0.1) is 10.1 Å². The predicted molar refractivity (Wildman–Crippen MR) is 67.8 cm³/mol. The highest BCUT2D eigenvalue weighted by molar-refractivity contribution is 5.42. The summed E-state index contributed by atoms with van der Waals surface area (Å²) in [6, 6.07) is 4.90. The number of non-ortho nitro benzene ring substituents is 1. The third kappa shape index (κ3) is 4.31. The van der Waals surface area contributed by atoms with Crippen LogP contribution in [0.3, 0.4) is 0 Å². The molecule has 0 spiro atoms. The van der Waals surface area contributed by atoms with Crippen LogP contribution in [0.5, 0.6) is 5.75 Å². The fourth-order valence-electron chi connectivity index (χ4n) is 1.57. The van der Waals surface area contributed by atoms with Crippen molar-refractivity contribution in [3.8, 4) is 5.75 Å². The number of nitrogens with one attached hydrogen (secondary N) is 1. The van der Waals surface area contributed by atoms with Crippen LogP contribution in [-0.4, -0.2) is 31.8 Å². The number of hydrogen-bond donors (Lipinski definition) is 1. The maximum Gasteiger partial charge on any atom is 0.273 e. The lowest BCUT2D eigenvalue weighted by atomic mass is 10.1. The van der Waals surface area contributed by atoms with Crippen molar-refractivity contribution in [2.24, 2.45) is 0 Å². The maximum absolute atomic E-state index is 10.8. The molecule has 0 amide bonds. The average molecular weight is 254 g/mol. The van der Waals surface area contributed by atoms with Gasteiger partial charge in [-0.05, 0) is 18.6 Å². The first kappa shape index (κ1) is 14.4. The summed E-state index contributed by atoms with van der Waals surface area (Å²) < 4.78 is 10.0. The van der Waals surface area contributed by atoms with Gasteiger partial charge >= 0.3 is 0 Å². The number of nitrogens with zero attached hydrogens (tertiary/aromatic N) is 1. The fraction of sp³-hybridized carbons (Fsp3) is 0.500. The van der Waals surface area contributed by atoms with Crippen molar-refractivity contribution in [2.75, 3.05) is 20.8 Å². The number of methoxy groups -OCH3 is 2. The van der Waals surface area contributed by atoms with Gasteiger partial charge in [-0.2, -0.15) is 0 Å². The monoisotopic (exact) mass is 254 g/mol. The molecule has 0 radical (unpaired) electrons. The number of hydrogen-bond acceptors (Lipinski definition) is 5. The minimum Gasteiger partial charge on any atom is -0.496 e. The molecule has 0 aliphatic heterocycles. The van der Waals surface area contributed by atoms with Gasteiger partial charge in [0.2, 0.25) is 0 Å². The van der Waals surface area contributed by atoms with Gasteiger partial charge in [0.15, 0.2) is 0 Å². The van der Waals surface area contributed by atoms with E-state index in [-0.39, 0.29) is 11.7 Å². The number of rotatable bonds is 7. The van der Waals surface area contributed by atoms with Gasteiger partial charge in [0.1, 0.15) is 5.75 Å². The van der Waals surface area contributed by atoms with E-state index in [0.717, 1.165) is 5.56 Å². The molecule has 0 aromatic heterocycles. The normalized spacial score (nSPS) is 12.2. The van der Waals surface area contributed by atoms with Crippen molar-refractivity contribution in [3.63, 3.8) is 0 Å². The topological polar surface area (TPSA) is 73.6 Å². The molecule has 1 aromatic carbocycles. The highest BCUT2D eigenvalue weighted by Gasteiger charge is 2.10. The quantitative estimate of drug-likeness (QED) is 0.592. The molecule has 1 unspecified atom stereocenters. The average Bonchev–Trinajstić information content (AvgIpc) is 2.36. The lowest BCUT2D eigenvalue weighted by Crippen LogP contribution is -2.29. The molecule has 0 fully saturated rings. The van der Waals surface area contributed by atoms with Crippen molar-refractivity contribution in [1.29, 1.82) is 0 Å². The molecule has 0 bridgehead atoms. The molecule has 0 saturated carbocycles. The predicted octanol–water partition coefficient (Wildman–Crippen LogP) is 1.73.